The topological polar surface area (TPSA) is 93.9 Å². The quantitative estimate of drug-likeness (QED) is 0.531. The van der Waals surface area contributed by atoms with Crippen LogP contribution in [0.5, 0.6) is 0 Å². The van der Waals surface area contributed by atoms with Crippen molar-refractivity contribution in [2.24, 2.45) is 0 Å². The van der Waals surface area contributed by atoms with E-state index >= 15 is 0 Å². The van der Waals surface area contributed by atoms with Gasteiger partial charge in [-0.1, -0.05) is 32.0 Å². The predicted octanol–water partition coefficient (Wildman–Crippen LogP) is 3.25. The highest BCUT2D eigenvalue weighted by Crippen LogP contribution is 2.45. The number of benzene rings is 1. The first-order valence-corrected chi connectivity index (χ1v) is 12.9. The van der Waals surface area contributed by atoms with Gasteiger partial charge in [-0.05, 0) is 56.5 Å². The fraction of sp³-hybridized carbons (Fsp3) is 0.464. The molecule has 1 N–H and O–H groups in total. The number of ether oxygens (including phenoxy) is 2. The van der Waals surface area contributed by atoms with Crippen molar-refractivity contribution in [3.63, 3.8) is 0 Å². The third-order valence-electron chi connectivity index (χ3n) is 7.99. The van der Waals surface area contributed by atoms with E-state index < -0.39 is 17.8 Å². The van der Waals surface area contributed by atoms with Crippen LogP contribution in [0, 0.1) is 0 Å². The van der Waals surface area contributed by atoms with E-state index in [0.717, 1.165) is 48.1 Å². The van der Waals surface area contributed by atoms with E-state index in [1.165, 1.54) is 12.8 Å². The van der Waals surface area contributed by atoms with Crippen molar-refractivity contribution < 1.29 is 19.4 Å². The number of carbonyl (C=O) groups excluding carboxylic acids is 1. The number of hydrogen-bond donors (Lipinski definition) is 1. The number of carbonyl (C=O) groups is 1. The number of aromatic nitrogens is 2. The number of nitrogens with zero attached hydrogens (tertiary/aromatic N) is 3. The molecule has 2 aromatic heterocycles. The van der Waals surface area contributed by atoms with Crippen LogP contribution in [0.4, 0.5) is 0 Å². The van der Waals surface area contributed by atoms with Crippen LogP contribution in [0.25, 0.3) is 22.3 Å². The molecule has 1 aromatic carbocycles. The molecule has 0 aliphatic carbocycles. The zero-order valence-electron chi connectivity index (χ0n) is 20.7. The van der Waals surface area contributed by atoms with Gasteiger partial charge in [-0.15, -0.1) is 0 Å². The number of hydrogen-bond acceptors (Lipinski definition) is 7. The highest BCUT2D eigenvalue weighted by Gasteiger charge is 2.46. The number of pyridine rings is 2. The maximum atomic E-state index is 13.9. The Kier molecular flexibility index (Phi) is 5.70. The van der Waals surface area contributed by atoms with Crippen molar-refractivity contribution in [3.05, 3.63) is 62.9 Å². The minimum Gasteiger partial charge on any atom is -0.458 e. The Bertz CT molecular complexity index is 1420. The average Bonchev–Trinajstić information content (AvgIpc) is 3.52. The summed E-state index contributed by atoms with van der Waals surface area (Å²) in [6.07, 6.45) is 2.64. The maximum absolute atomic E-state index is 13.9. The van der Waals surface area contributed by atoms with Crippen LogP contribution in [0.1, 0.15) is 61.6 Å². The van der Waals surface area contributed by atoms with Crippen LogP contribution in [-0.4, -0.2) is 51.8 Å². The molecule has 36 heavy (non-hydrogen) atoms. The molecule has 3 aliphatic rings. The van der Waals surface area contributed by atoms with Gasteiger partial charge in [0, 0.05) is 23.1 Å². The first kappa shape index (κ1) is 23.3. The van der Waals surface area contributed by atoms with Crippen molar-refractivity contribution in [1.82, 2.24) is 14.5 Å². The van der Waals surface area contributed by atoms with E-state index in [0.29, 0.717) is 29.1 Å². The summed E-state index contributed by atoms with van der Waals surface area (Å²) in [5.41, 5.74) is 2.52. The summed E-state index contributed by atoms with van der Waals surface area (Å²) in [4.78, 5) is 33.9. The van der Waals surface area contributed by atoms with Gasteiger partial charge in [0.2, 0.25) is 0 Å². The molecule has 6 rings (SSSR count). The Morgan fingerprint density at radius 1 is 1.19 bits per heavy atom. The molecule has 3 aromatic rings. The van der Waals surface area contributed by atoms with E-state index in [1.54, 1.807) is 17.6 Å². The number of aryl methyl sites for hydroxylation is 1. The van der Waals surface area contributed by atoms with Gasteiger partial charge in [-0.2, -0.15) is 0 Å². The van der Waals surface area contributed by atoms with Crippen LogP contribution in [0.15, 0.2) is 35.1 Å². The smallest absolute Gasteiger partial charge is 0.343 e. The number of aliphatic hydroxyl groups is 1. The monoisotopic (exact) mass is 489 g/mol. The zero-order valence-corrected chi connectivity index (χ0v) is 20.7. The fourth-order valence-corrected chi connectivity index (χ4v) is 6.01. The van der Waals surface area contributed by atoms with Gasteiger partial charge in [0.05, 0.1) is 29.1 Å². The van der Waals surface area contributed by atoms with Gasteiger partial charge in [0.25, 0.3) is 5.56 Å². The lowest BCUT2D eigenvalue weighted by molar-refractivity contribution is -0.172. The third-order valence-corrected chi connectivity index (χ3v) is 7.99. The Hall–Kier alpha value is -3.07. The lowest BCUT2D eigenvalue weighted by atomic mass is 9.86. The lowest BCUT2D eigenvalue weighted by Gasteiger charge is -2.32. The van der Waals surface area contributed by atoms with E-state index in [9.17, 15) is 14.7 Å². The molecule has 0 bridgehead atoms. The fourth-order valence-electron chi connectivity index (χ4n) is 6.01. The maximum Gasteiger partial charge on any atom is 0.343 e. The summed E-state index contributed by atoms with van der Waals surface area (Å²) in [6.45, 7) is 7.07. The van der Waals surface area contributed by atoms with Gasteiger partial charge >= 0.3 is 5.97 Å². The molecule has 1 saturated heterocycles. The molecule has 1 unspecified atom stereocenters. The Morgan fingerprint density at radius 2 is 1.97 bits per heavy atom. The molecule has 188 valence electrons. The Balaban J connectivity index is 1.56. The third kappa shape index (κ3) is 3.35. The molecular formula is C28H31N3O5. The van der Waals surface area contributed by atoms with E-state index in [-0.39, 0.29) is 18.6 Å². The number of rotatable bonds is 6. The average molecular weight is 490 g/mol. The van der Waals surface area contributed by atoms with Gasteiger partial charge in [0.15, 0.2) is 11.8 Å². The van der Waals surface area contributed by atoms with Crippen LogP contribution in [0.3, 0.4) is 0 Å². The Morgan fingerprint density at radius 3 is 2.72 bits per heavy atom. The van der Waals surface area contributed by atoms with Gasteiger partial charge in [0.1, 0.15) is 6.61 Å². The standard InChI is InChI=1S/C28H31N3O5/c1-3-17-18-9-5-6-10-21(18)29-24-22-15-20-19(16-36-27(33)28(20,34)4-2)25(32)31(22)26(23(17)24)35-14-13-30-11-7-8-12-30/h5-6,9-10,15,26,34H,3-4,7-8,11-14,16H2,1-2H3/t26?,28-/m0/s1. The molecule has 2 atom stereocenters. The summed E-state index contributed by atoms with van der Waals surface area (Å²) < 4.78 is 13.4. The number of esters is 1. The summed E-state index contributed by atoms with van der Waals surface area (Å²) in [7, 11) is 0. The molecule has 0 amide bonds. The molecular weight excluding hydrogens is 458 g/mol. The highest BCUT2D eigenvalue weighted by molar-refractivity contribution is 5.89. The van der Waals surface area contributed by atoms with E-state index in [4.69, 9.17) is 14.5 Å². The first-order valence-electron chi connectivity index (χ1n) is 12.9. The van der Waals surface area contributed by atoms with Gasteiger partial charge in [-0.25, -0.2) is 9.78 Å². The molecule has 8 heteroatoms. The summed E-state index contributed by atoms with van der Waals surface area (Å²) >= 11 is 0. The summed E-state index contributed by atoms with van der Waals surface area (Å²) in [6, 6.07) is 9.73. The second-order valence-corrected chi connectivity index (χ2v) is 9.88. The normalized spacial score (nSPS) is 23.0. The summed E-state index contributed by atoms with van der Waals surface area (Å²) in [5, 5.41) is 12.3. The second kappa shape index (κ2) is 8.80. The Labute approximate surface area is 209 Å². The number of cyclic esters (lactones) is 1. The van der Waals surface area contributed by atoms with Crippen molar-refractivity contribution >= 4 is 16.9 Å². The second-order valence-electron chi connectivity index (χ2n) is 9.88. The van der Waals surface area contributed by atoms with Crippen LogP contribution < -0.4 is 5.56 Å². The van der Waals surface area contributed by atoms with E-state index in [2.05, 4.69) is 17.9 Å². The van der Waals surface area contributed by atoms with Gasteiger partial charge < -0.3 is 19.5 Å². The number of fused-ring (bicyclic) bond motifs is 5. The zero-order chi connectivity index (χ0) is 25.0. The molecule has 0 radical (unpaired) electrons. The number of para-hydroxylation sites is 1. The highest BCUT2D eigenvalue weighted by atomic mass is 16.6. The van der Waals surface area contributed by atoms with Crippen LogP contribution in [-0.2, 0) is 32.9 Å². The van der Waals surface area contributed by atoms with Crippen LogP contribution in [0.2, 0.25) is 0 Å². The minimum absolute atomic E-state index is 0.107. The SMILES string of the molecule is CCc1c2c(nc3ccccc13)-c1cc3c(c(=O)n1C2OCCN1CCCC1)COC(=O)[C@]3(O)CC. The molecule has 1 fully saturated rings. The van der Waals surface area contributed by atoms with Crippen LogP contribution >= 0.6 is 0 Å². The van der Waals surface area contributed by atoms with E-state index in [1.807, 2.05) is 18.2 Å². The predicted molar refractivity (Wildman–Crippen MR) is 135 cm³/mol. The molecule has 5 heterocycles. The lowest BCUT2D eigenvalue weighted by Crippen LogP contribution is -2.44. The summed E-state index contributed by atoms with van der Waals surface area (Å²) in [5.74, 6) is -0.723. The molecule has 8 nitrogen and oxygen atoms in total. The molecule has 0 spiro atoms. The van der Waals surface area contributed by atoms with Crippen molar-refractivity contribution in [2.75, 3.05) is 26.2 Å². The van der Waals surface area contributed by atoms with Crippen molar-refractivity contribution in [1.29, 1.82) is 0 Å². The largest absolute Gasteiger partial charge is 0.458 e. The molecule has 3 aliphatic heterocycles. The first-order chi connectivity index (χ1) is 17.5. The van der Waals surface area contributed by atoms with Crippen molar-refractivity contribution in [2.45, 2.75) is 58.0 Å². The van der Waals surface area contributed by atoms with Crippen molar-refractivity contribution in [3.8, 4) is 11.4 Å². The number of likely N-dealkylation sites (tertiary alicyclic amines) is 1. The van der Waals surface area contributed by atoms with Gasteiger partial charge in [-0.3, -0.25) is 9.36 Å². The molecule has 0 saturated carbocycles. The minimum atomic E-state index is -1.86.